The third kappa shape index (κ3) is 5.16. The molecule has 1 N–H and O–H groups in total. The Morgan fingerprint density at radius 3 is 2.40 bits per heavy atom. The first-order valence-corrected chi connectivity index (χ1v) is 14.9. The number of fused-ring (bicyclic) bond motifs is 1. The van der Waals surface area contributed by atoms with E-state index in [0.29, 0.717) is 67.6 Å². The molecule has 0 amide bonds. The van der Waals surface area contributed by atoms with Gasteiger partial charge >= 0.3 is 0 Å². The summed E-state index contributed by atoms with van der Waals surface area (Å²) < 4.78 is 41.6. The van der Waals surface area contributed by atoms with E-state index in [1.54, 1.807) is 30.7 Å². The molecule has 0 spiro atoms. The highest BCUT2D eigenvalue weighted by molar-refractivity contribution is 7.89. The first kappa shape index (κ1) is 27.7. The van der Waals surface area contributed by atoms with E-state index in [9.17, 15) is 13.2 Å². The van der Waals surface area contributed by atoms with Crippen LogP contribution in [0, 0.1) is 6.92 Å². The number of piperazine rings is 1. The summed E-state index contributed by atoms with van der Waals surface area (Å²) in [5.41, 5.74) is 2.04. The van der Waals surface area contributed by atoms with Gasteiger partial charge in [-0.05, 0) is 62.7 Å². The lowest BCUT2D eigenvalue weighted by atomic mass is 10.2. The Labute approximate surface area is 233 Å². The number of ether oxygens (including phenoxy) is 2. The lowest BCUT2D eigenvalue weighted by Gasteiger charge is -2.35. The number of aromatic nitrogens is 4. The second-order valence-electron chi connectivity index (χ2n) is 9.61. The molecule has 12 heteroatoms. The third-order valence-electron chi connectivity index (χ3n) is 7.04. The van der Waals surface area contributed by atoms with Crippen LogP contribution in [0.25, 0.3) is 16.9 Å². The third-order valence-corrected chi connectivity index (χ3v) is 8.93. The molecule has 2 aromatic carbocycles. The predicted octanol–water partition coefficient (Wildman–Crippen LogP) is 3.26. The highest BCUT2D eigenvalue weighted by atomic mass is 32.2. The van der Waals surface area contributed by atoms with E-state index in [0.717, 1.165) is 17.9 Å². The van der Waals surface area contributed by atoms with Gasteiger partial charge in [-0.25, -0.2) is 17.9 Å². The van der Waals surface area contributed by atoms with Crippen LogP contribution in [-0.4, -0.2) is 72.2 Å². The molecule has 3 heterocycles. The number of rotatable bonds is 9. The molecule has 0 unspecified atom stereocenters. The molecule has 0 atom stereocenters. The van der Waals surface area contributed by atoms with Crippen LogP contribution in [0.3, 0.4) is 0 Å². The first-order chi connectivity index (χ1) is 19.3. The van der Waals surface area contributed by atoms with Crippen molar-refractivity contribution in [1.29, 1.82) is 0 Å². The smallest absolute Gasteiger partial charge is 0.277 e. The quantitative estimate of drug-likeness (QED) is 0.328. The van der Waals surface area contributed by atoms with Crippen LogP contribution >= 0.6 is 0 Å². The molecule has 11 nitrogen and oxygen atoms in total. The molecule has 40 heavy (non-hydrogen) atoms. The number of methoxy groups -OCH3 is 1. The summed E-state index contributed by atoms with van der Waals surface area (Å²) in [6.45, 7) is 7.81. The van der Waals surface area contributed by atoms with Gasteiger partial charge in [0.2, 0.25) is 10.0 Å². The molecule has 1 aliphatic rings. The number of aromatic amines is 1. The van der Waals surface area contributed by atoms with Crippen molar-refractivity contribution in [3.63, 3.8) is 0 Å². The Morgan fingerprint density at radius 2 is 1.75 bits per heavy atom. The standard InChI is InChI=1S/C28H34N6O5S/c1-5-7-25-29-19(3)26-28(35)30-27(31-34(25)26)23-18-22(12-13-24(23)39-6-2)40(36,37)33-16-14-32(15-17-33)20-8-10-21(38-4)11-9-20/h8-13,18H,5-7,14-17H2,1-4H3,(H,30,31,35). The topological polar surface area (TPSA) is 122 Å². The van der Waals surface area contributed by atoms with E-state index in [-0.39, 0.29) is 16.3 Å². The van der Waals surface area contributed by atoms with Crippen LogP contribution in [0.2, 0.25) is 0 Å². The minimum Gasteiger partial charge on any atom is -0.497 e. The Balaban J connectivity index is 1.47. The normalized spacial score (nSPS) is 14.6. The van der Waals surface area contributed by atoms with E-state index in [1.165, 1.54) is 10.4 Å². The summed E-state index contributed by atoms with van der Waals surface area (Å²) in [5.74, 6) is 2.11. The predicted molar refractivity (Wildman–Crippen MR) is 153 cm³/mol. The highest BCUT2D eigenvalue weighted by Gasteiger charge is 2.30. The van der Waals surface area contributed by atoms with Gasteiger partial charge < -0.3 is 19.4 Å². The molecular formula is C28H34N6O5S. The van der Waals surface area contributed by atoms with Crippen molar-refractivity contribution in [2.75, 3.05) is 44.8 Å². The number of nitrogens with zero attached hydrogens (tertiary/aromatic N) is 5. The summed E-state index contributed by atoms with van der Waals surface area (Å²) in [6, 6.07) is 12.4. The summed E-state index contributed by atoms with van der Waals surface area (Å²) in [6.07, 6.45) is 1.49. The zero-order valence-corrected chi connectivity index (χ0v) is 24.0. The highest BCUT2D eigenvalue weighted by Crippen LogP contribution is 2.32. The fourth-order valence-corrected chi connectivity index (χ4v) is 6.46. The number of sulfonamides is 1. The van der Waals surface area contributed by atoms with Gasteiger partial charge in [0.15, 0.2) is 11.3 Å². The van der Waals surface area contributed by atoms with Gasteiger partial charge in [0.1, 0.15) is 17.3 Å². The second-order valence-corrected chi connectivity index (χ2v) is 11.5. The van der Waals surface area contributed by atoms with Crippen LogP contribution in [0.4, 0.5) is 5.69 Å². The van der Waals surface area contributed by atoms with Crippen molar-refractivity contribution in [1.82, 2.24) is 23.9 Å². The SMILES string of the molecule is CCCc1nc(C)c2c(=O)[nH]c(-c3cc(S(=O)(=O)N4CCN(c5ccc(OC)cc5)CC4)ccc3OCC)nn12. The van der Waals surface area contributed by atoms with Crippen molar-refractivity contribution in [3.05, 3.63) is 64.3 Å². The zero-order valence-electron chi connectivity index (χ0n) is 23.2. The number of hydrogen-bond acceptors (Lipinski definition) is 8. The van der Waals surface area contributed by atoms with Gasteiger partial charge in [-0.1, -0.05) is 6.92 Å². The number of aryl methyl sites for hydroxylation is 2. The monoisotopic (exact) mass is 566 g/mol. The average Bonchev–Trinajstić information content (AvgIpc) is 3.28. The molecule has 4 aromatic rings. The molecule has 0 aliphatic carbocycles. The molecule has 0 saturated carbocycles. The molecular weight excluding hydrogens is 532 g/mol. The number of nitrogens with one attached hydrogen (secondary N) is 1. The minimum atomic E-state index is -3.81. The number of H-pyrrole nitrogens is 1. The number of benzene rings is 2. The largest absolute Gasteiger partial charge is 0.497 e. The summed E-state index contributed by atoms with van der Waals surface area (Å²) in [7, 11) is -2.19. The average molecular weight is 567 g/mol. The van der Waals surface area contributed by atoms with E-state index >= 15 is 0 Å². The molecule has 0 bridgehead atoms. The zero-order chi connectivity index (χ0) is 28.4. The lowest BCUT2D eigenvalue weighted by molar-refractivity contribution is 0.341. The van der Waals surface area contributed by atoms with Gasteiger partial charge in [-0.15, -0.1) is 5.10 Å². The van der Waals surface area contributed by atoms with Gasteiger partial charge in [0, 0.05) is 38.3 Å². The van der Waals surface area contributed by atoms with Crippen LogP contribution in [0.1, 0.15) is 31.8 Å². The fraction of sp³-hybridized carbons (Fsp3) is 0.393. The van der Waals surface area contributed by atoms with Crippen molar-refractivity contribution in [2.45, 2.75) is 38.5 Å². The van der Waals surface area contributed by atoms with Gasteiger partial charge in [0.05, 0.1) is 29.9 Å². The Kier molecular flexibility index (Phi) is 7.81. The Morgan fingerprint density at radius 1 is 1.02 bits per heavy atom. The van der Waals surface area contributed by atoms with E-state index < -0.39 is 10.0 Å². The van der Waals surface area contributed by atoms with Crippen molar-refractivity contribution >= 4 is 21.2 Å². The number of hydrogen-bond donors (Lipinski definition) is 1. The van der Waals surface area contributed by atoms with Crippen LogP contribution in [0.15, 0.2) is 52.2 Å². The van der Waals surface area contributed by atoms with Crippen LogP contribution in [0.5, 0.6) is 11.5 Å². The molecule has 1 aliphatic heterocycles. The molecule has 5 rings (SSSR count). The van der Waals surface area contributed by atoms with E-state index in [2.05, 4.69) is 20.0 Å². The first-order valence-electron chi connectivity index (χ1n) is 13.4. The Hall–Kier alpha value is -3.90. The van der Waals surface area contributed by atoms with E-state index in [4.69, 9.17) is 9.47 Å². The molecule has 0 radical (unpaired) electrons. The minimum absolute atomic E-state index is 0.113. The fourth-order valence-electron chi connectivity index (χ4n) is 5.01. The van der Waals surface area contributed by atoms with Gasteiger partial charge in [0.25, 0.3) is 5.56 Å². The maximum Gasteiger partial charge on any atom is 0.277 e. The number of imidazole rings is 1. The van der Waals surface area contributed by atoms with Crippen molar-refractivity contribution in [3.8, 4) is 22.9 Å². The van der Waals surface area contributed by atoms with Crippen molar-refractivity contribution < 1.29 is 17.9 Å². The molecule has 2 aromatic heterocycles. The summed E-state index contributed by atoms with van der Waals surface area (Å²) in [5, 5.41) is 4.67. The van der Waals surface area contributed by atoms with E-state index in [1.807, 2.05) is 38.1 Å². The Bertz CT molecular complexity index is 1670. The molecule has 212 valence electrons. The number of anilines is 1. The summed E-state index contributed by atoms with van der Waals surface area (Å²) >= 11 is 0. The molecule has 1 saturated heterocycles. The summed E-state index contributed by atoms with van der Waals surface area (Å²) in [4.78, 5) is 22.7. The molecule has 1 fully saturated rings. The van der Waals surface area contributed by atoms with Crippen LogP contribution < -0.4 is 19.9 Å². The van der Waals surface area contributed by atoms with Crippen molar-refractivity contribution in [2.24, 2.45) is 0 Å². The maximum absolute atomic E-state index is 13.7. The second kappa shape index (κ2) is 11.3. The maximum atomic E-state index is 13.7. The lowest BCUT2D eigenvalue weighted by Crippen LogP contribution is -2.48. The van der Waals surface area contributed by atoms with Gasteiger partial charge in [-0.3, -0.25) is 4.79 Å². The van der Waals surface area contributed by atoms with Crippen LogP contribution in [-0.2, 0) is 16.4 Å². The van der Waals surface area contributed by atoms with Gasteiger partial charge in [-0.2, -0.15) is 4.31 Å².